The lowest BCUT2D eigenvalue weighted by molar-refractivity contribution is -0.121. The maximum atomic E-state index is 11.7. The molecule has 120 valence electrons. The molecule has 7 heteroatoms. The van der Waals surface area contributed by atoms with E-state index in [9.17, 15) is 15.0 Å². The van der Waals surface area contributed by atoms with Crippen molar-refractivity contribution in [1.29, 1.82) is 0 Å². The second-order valence-corrected chi connectivity index (χ2v) is 5.43. The van der Waals surface area contributed by atoms with Crippen LogP contribution in [0.5, 0.6) is 11.5 Å². The number of nitrogens with one attached hydrogen (secondary N) is 1. The maximum absolute atomic E-state index is 11.7. The van der Waals surface area contributed by atoms with Crippen molar-refractivity contribution in [3.63, 3.8) is 0 Å². The van der Waals surface area contributed by atoms with E-state index < -0.39 is 0 Å². The van der Waals surface area contributed by atoms with Gasteiger partial charge in [-0.1, -0.05) is 0 Å². The molecule has 1 fully saturated rings. The number of amides is 1. The van der Waals surface area contributed by atoms with Gasteiger partial charge in [-0.05, 0) is 19.2 Å². The van der Waals surface area contributed by atoms with Crippen LogP contribution in [0.2, 0.25) is 0 Å². The monoisotopic (exact) mass is 306 g/mol. The molecule has 2 rings (SSSR count). The predicted octanol–water partition coefficient (Wildman–Crippen LogP) is 0.185. The molecule has 1 aliphatic rings. The van der Waals surface area contributed by atoms with Gasteiger partial charge in [-0.25, -0.2) is 5.43 Å². The molecule has 1 amide bonds. The number of hydrogen-bond donors (Lipinski definition) is 3. The van der Waals surface area contributed by atoms with E-state index >= 15 is 0 Å². The number of benzene rings is 1. The van der Waals surface area contributed by atoms with E-state index in [-0.39, 0.29) is 17.4 Å². The molecule has 22 heavy (non-hydrogen) atoms. The van der Waals surface area contributed by atoms with Crippen molar-refractivity contribution >= 4 is 12.1 Å². The average molecular weight is 306 g/mol. The first kappa shape index (κ1) is 16.3. The van der Waals surface area contributed by atoms with Gasteiger partial charge in [0.05, 0.1) is 6.21 Å². The highest BCUT2D eigenvalue weighted by atomic mass is 16.3. The van der Waals surface area contributed by atoms with Crippen LogP contribution in [0.3, 0.4) is 0 Å². The molecular weight excluding hydrogens is 284 g/mol. The molecule has 1 heterocycles. The van der Waals surface area contributed by atoms with Crippen LogP contribution in [0.4, 0.5) is 0 Å². The Morgan fingerprint density at radius 3 is 2.73 bits per heavy atom. The van der Waals surface area contributed by atoms with Gasteiger partial charge >= 0.3 is 0 Å². The Hall–Kier alpha value is -2.12. The summed E-state index contributed by atoms with van der Waals surface area (Å²) in [4.78, 5) is 16.2. The molecule has 0 spiro atoms. The number of phenolic OH excluding ortho intramolecular Hbond substituents is 2. The predicted molar refractivity (Wildman–Crippen MR) is 84.1 cm³/mol. The van der Waals surface area contributed by atoms with Gasteiger partial charge in [-0.3, -0.25) is 4.79 Å². The lowest BCUT2D eigenvalue weighted by Crippen LogP contribution is -2.45. The van der Waals surface area contributed by atoms with Crippen molar-refractivity contribution < 1.29 is 15.0 Å². The molecule has 1 saturated heterocycles. The second kappa shape index (κ2) is 7.77. The van der Waals surface area contributed by atoms with Crippen molar-refractivity contribution in [2.45, 2.75) is 6.42 Å². The SMILES string of the molecule is CN1CCN(CCC(=O)NN=Cc2ccc(O)cc2O)CC1. The molecular formula is C15H22N4O3. The maximum Gasteiger partial charge on any atom is 0.241 e. The van der Waals surface area contributed by atoms with Crippen LogP contribution in [0.15, 0.2) is 23.3 Å². The van der Waals surface area contributed by atoms with E-state index in [4.69, 9.17) is 0 Å². The number of rotatable bonds is 5. The number of carbonyl (C=O) groups excluding carboxylic acids is 1. The minimum Gasteiger partial charge on any atom is -0.508 e. The molecule has 7 nitrogen and oxygen atoms in total. The van der Waals surface area contributed by atoms with Crippen LogP contribution in [0.1, 0.15) is 12.0 Å². The molecule has 0 radical (unpaired) electrons. The standard InChI is InChI=1S/C15H22N4O3/c1-18-6-8-19(9-7-18)5-4-15(22)17-16-11-12-2-3-13(20)10-14(12)21/h2-3,10-11,20-21H,4-9H2,1H3,(H,17,22). The fourth-order valence-electron chi connectivity index (χ4n) is 2.20. The van der Waals surface area contributed by atoms with Gasteiger partial charge in [-0.15, -0.1) is 0 Å². The zero-order valence-electron chi connectivity index (χ0n) is 12.7. The minimum absolute atomic E-state index is 0.0223. The molecule has 0 atom stereocenters. The van der Waals surface area contributed by atoms with Gasteiger partial charge in [0.15, 0.2) is 0 Å². The molecule has 1 aliphatic heterocycles. The third-order valence-corrected chi connectivity index (χ3v) is 3.66. The first-order chi connectivity index (χ1) is 10.5. The van der Waals surface area contributed by atoms with E-state index in [0.29, 0.717) is 12.0 Å². The Morgan fingerprint density at radius 2 is 2.05 bits per heavy atom. The summed E-state index contributed by atoms with van der Waals surface area (Å²) < 4.78 is 0. The Balaban J connectivity index is 1.72. The second-order valence-electron chi connectivity index (χ2n) is 5.43. The van der Waals surface area contributed by atoms with Gasteiger partial charge in [0.1, 0.15) is 11.5 Å². The Kier molecular flexibility index (Phi) is 5.74. The summed E-state index contributed by atoms with van der Waals surface area (Å²) in [5.41, 5.74) is 2.87. The minimum atomic E-state index is -0.159. The summed E-state index contributed by atoms with van der Waals surface area (Å²) in [6, 6.07) is 4.18. The van der Waals surface area contributed by atoms with Gasteiger partial charge in [0.2, 0.25) is 5.91 Å². The number of phenols is 2. The topological polar surface area (TPSA) is 88.4 Å². The number of piperazine rings is 1. The molecule has 3 N–H and O–H groups in total. The van der Waals surface area contributed by atoms with Crippen molar-refractivity contribution in [1.82, 2.24) is 15.2 Å². The third kappa shape index (κ3) is 5.01. The number of aromatic hydroxyl groups is 2. The summed E-state index contributed by atoms with van der Waals surface area (Å²) in [7, 11) is 2.09. The quantitative estimate of drug-likeness (QED) is 0.534. The van der Waals surface area contributed by atoms with Crippen LogP contribution in [0.25, 0.3) is 0 Å². The Labute approximate surface area is 129 Å². The normalized spacial score (nSPS) is 17.0. The fraction of sp³-hybridized carbons (Fsp3) is 0.467. The molecule has 0 saturated carbocycles. The van der Waals surface area contributed by atoms with Gasteiger partial charge in [0.25, 0.3) is 0 Å². The van der Waals surface area contributed by atoms with Crippen LogP contribution < -0.4 is 5.43 Å². The zero-order chi connectivity index (χ0) is 15.9. The van der Waals surface area contributed by atoms with Gasteiger partial charge in [0, 0.05) is 50.8 Å². The van der Waals surface area contributed by atoms with E-state index in [1.54, 1.807) is 0 Å². The highest BCUT2D eigenvalue weighted by molar-refractivity contribution is 5.85. The zero-order valence-corrected chi connectivity index (χ0v) is 12.7. The Morgan fingerprint density at radius 1 is 1.32 bits per heavy atom. The first-order valence-corrected chi connectivity index (χ1v) is 7.29. The van der Waals surface area contributed by atoms with Crippen molar-refractivity contribution in [3.8, 4) is 11.5 Å². The molecule has 1 aromatic carbocycles. The van der Waals surface area contributed by atoms with E-state index in [2.05, 4.69) is 27.4 Å². The molecule has 0 aromatic heterocycles. The fourth-order valence-corrected chi connectivity index (χ4v) is 2.20. The van der Waals surface area contributed by atoms with Crippen molar-refractivity contribution in [3.05, 3.63) is 23.8 Å². The van der Waals surface area contributed by atoms with Crippen LogP contribution in [0, 0.1) is 0 Å². The van der Waals surface area contributed by atoms with E-state index in [0.717, 1.165) is 32.7 Å². The van der Waals surface area contributed by atoms with E-state index in [1.165, 1.54) is 24.4 Å². The molecule has 1 aromatic rings. The number of likely N-dealkylation sites (N-methyl/N-ethyl adjacent to an activating group) is 1. The molecule has 0 unspecified atom stereocenters. The summed E-state index contributed by atoms with van der Waals surface area (Å²) >= 11 is 0. The number of hydrazone groups is 1. The smallest absolute Gasteiger partial charge is 0.241 e. The highest BCUT2D eigenvalue weighted by Crippen LogP contribution is 2.20. The third-order valence-electron chi connectivity index (χ3n) is 3.66. The summed E-state index contributed by atoms with van der Waals surface area (Å²) in [5, 5.41) is 22.6. The lowest BCUT2D eigenvalue weighted by atomic mass is 10.2. The highest BCUT2D eigenvalue weighted by Gasteiger charge is 2.14. The summed E-state index contributed by atoms with van der Waals surface area (Å²) in [5.74, 6) is -0.269. The Bertz CT molecular complexity index is 540. The molecule has 0 aliphatic carbocycles. The van der Waals surface area contributed by atoms with Crippen LogP contribution in [-0.4, -0.2) is 71.9 Å². The summed E-state index contributed by atoms with van der Waals surface area (Å²) in [6.45, 7) is 4.74. The molecule has 0 bridgehead atoms. The van der Waals surface area contributed by atoms with Crippen LogP contribution >= 0.6 is 0 Å². The first-order valence-electron chi connectivity index (χ1n) is 7.29. The van der Waals surface area contributed by atoms with E-state index in [1.807, 2.05) is 0 Å². The number of nitrogens with zero attached hydrogens (tertiary/aromatic N) is 3. The van der Waals surface area contributed by atoms with Gasteiger partial charge < -0.3 is 20.0 Å². The lowest BCUT2D eigenvalue weighted by Gasteiger charge is -2.32. The average Bonchev–Trinajstić information content (AvgIpc) is 2.49. The summed E-state index contributed by atoms with van der Waals surface area (Å²) in [6.07, 6.45) is 1.74. The van der Waals surface area contributed by atoms with Crippen molar-refractivity contribution in [2.75, 3.05) is 39.8 Å². The van der Waals surface area contributed by atoms with Gasteiger partial charge in [-0.2, -0.15) is 5.10 Å². The van der Waals surface area contributed by atoms with Crippen LogP contribution in [-0.2, 0) is 4.79 Å². The largest absolute Gasteiger partial charge is 0.508 e. The van der Waals surface area contributed by atoms with Crippen molar-refractivity contribution in [2.24, 2.45) is 5.10 Å². The number of hydrogen-bond acceptors (Lipinski definition) is 6. The number of carbonyl (C=O) groups is 1.